The molecule has 94 valence electrons. The van der Waals surface area contributed by atoms with Crippen LogP contribution in [0, 0.1) is 0 Å². The number of carbonyl (C=O) groups excluding carboxylic acids is 1. The molecule has 0 aliphatic heterocycles. The lowest BCUT2D eigenvalue weighted by Crippen LogP contribution is -2.09. The average molecular weight is 254 g/mol. The fourth-order valence-corrected chi connectivity index (χ4v) is 1.31. The minimum atomic E-state index is -4.40. The van der Waals surface area contributed by atoms with Crippen LogP contribution >= 0.6 is 7.82 Å². The first-order valence-corrected chi connectivity index (χ1v) is 5.94. The van der Waals surface area contributed by atoms with Gasteiger partial charge < -0.3 is 14.4 Å². The second-order valence-corrected chi connectivity index (χ2v) is 4.17. The normalized spacial score (nSPS) is 14.2. The molecule has 0 rings (SSSR count). The molecule has 0 heterocycles. The predicted octanol–water partition coefficient (Wildman–Crippen LogP) is 0.232. The summed E-state index contributed by atoms with van der Waals surface area (Å²) in [7, 11) is -4.40. The topological polar surface area (TPSA) is 102 Å². The molecule has 1 unspecified atom stereocenters. The summed E-state index contributed by atoms with van der Waals surface area (Å²) >= 11 is 0. The van der Waals surface area contributed by atoms with Gasteiger partial charge in [-0.25, -0.2) is 9.36 Å². The lowest BCUT2D eigenvalue weighted by Gasteiger charge is -2.11. The summed E-state index contributed by atoms with van der Waals surface area (Å²) in [6, 6.07) is 0. The van der Waals surface area contributed by atoms with Crippen molar-refractivity contribution in [2.75, 3.05) is 26.4 Å². The Morgan fingerprint density at radius 1 is 1.38 bits per heavy atom. The van der Waals surface area contributed by atoms with Crippen LogP contribution in [0.4, 0.5) is 0 Å². The number of phosphoric ester groups is 1. The lowest BCUT2D eigenvalue weighted by molar-refractivity contribution is -0.131. The van der Waals surface area contributed by atoms with Crippen molar-refractivity contribution in [1.29, 1.82) is 0 Å². The number of ether oxygens (including phenoxy) is 1. The smallest absolute Gasteiger partial charge is 0.394 e. The van der Waals surface area contributed by atoms with E-state index >= 15 is 0 Å². The van der Waals surface area contributed by atoms with Crippen molar-refractivity contribution in [3.63, 3.8) is 0 Å². The second-order valence-electron chi connectivity index (χ2n) is 2.80. The van der Waals surface area contributed by atoms with Crippen LogP contribution in [0.5, 0.6) is 0 Å². The van der Waals surface area contributed by atoms with Crippen molar-refractivity contribution in [1.82, 2.24) is 0 Å². The van der Waals surface area contributed by atoms with E-state index in [2.05, 4.69) is 15.6 Å². The third-order valence-corrected chi connectivity index (χ3v) is 2.17. The first kappa shape index (κ1) is 15.3. The molecule has 0 spiro atoms. The second kappa shape index (κ2) is 7.54. The van der Waals surface area contributed by atoms with Gasteiger partial charge in [0.2, 0.25) is 0 Å². The summed E-state index contributed by atoms with van der Waals surface area (Å²) in [5.74, 6) is -0.998. The van der Waals surface area contributed by atoms with Gasteiger partial charge in [0.1, 0.15) is 0 Å². The first-order chi connectivity index (χ1) is 7.39. The molecule has 0 radical (unpaired) electrons. The zero-order valence-corrected chi connectivity index (χ0v) is 9.81. The number of carbonyl (C=O) groups is 1. The molecule has 0 aromatic rings. The number of rotatable bonds is 8. The molecule has 16 heavy (non-hydrogen) atoms. The highest BCUT2D eigenvalue weighted by Crippen LogP contribution is 2.43. The quantitative estimate of drug-likeness (QED) is 0.363. The van der Waals surface area contributed by atoms with Gasteiger partial charge >= 0.3 is 13.8 Å². The van der Waals surface area contributed by atoms with Crippen molar-refractivity contribution in [3.8, 4) is 0 Å². The number of hydrogen-bond donors (Lipinski definition) is 2. The monoisotopic (exact) mass is 254 g/mol. The van der Waals surface area contributed by atoms with Gasteiger partial charge in [-0.15, -0.1) is 0 Å². The Morgan fingerprint density at radius 3 is 2.50 bits per heavy atom. The Bertz CT molecular complexity index is 288. The van der Waals surface area contributed by atoms with Gasteiger partial charge in [-0.05, 0) is 6.92 Å². The Hall–Kier alpha value is -0.720. The third-order valence-electron chi connectivity index (χ3n) is 1.26. The van der Waals surface area contributed by atoms with Crippen LogP contribution in [0.15, 0.2) is 12.2 Å². The summed E-state index contributed by atoms with van der Waals surface area (Å²) in [5, 5.41) is 8.36. The maximum atomic E-state index is 11.1. The largest absolute Gasteiger partial charge is 0.529 e. The molecule has 0 aliphatic rings. The molecular weight excluding hydrogens is 239 g/mol. The van der Waals surface area contributed by atoms with E-state index in [-0.39, 0.29) is 32.0 Å². The highest BCUT2D eigenvalue weighted by molar-refractivity contribution is 7.48. The van der Waals surface area contributed by atoms with Crippen LogP contribution in [0.1, 0.15) is 6.92 Å². The SMILES string of the molecule is C=C(C)C(=O)OP(=O)(O)OCCOCCO. The van der Waals surface area contributed by atoms with E-state index in [1.807, 2.05) is 0 Å². The summed E-state index contributed by atoms with van der Waals surface area (Å²) in [4.78, 5) is 19.9. The van der Waals surface area contributed by atoms with Crippen molar-refractivity contribution in [2.45, 2.75) is 6.92 Å². The molecule has 0 aromatic heterocycles. The maximum Gasteiger partial charge on any atom is 0.529 e. The van der Waals surface area contributed by atoms with Crippen LogP contribution in [-0.4, -0.2) is 42.4 Å². The predicted molar refractivity (Wildman–Crippen MR) is 54.6 cm³/mol. The molecule has 1 atom stereocenters. The zero-order valence-electron chi connectivity index (χ0n) is 8.92. The molecule has 8 heteroatoms. The summed E-state index contributed by atoms with van der Waals surface area (Å²) in [5.41, 5.74) is -0.00518. The van der Waals surface area contributed by atoms with E-state index in [0.29, 0.717) is 0 Å². The molecule has 0 saturated heterocycles. The molecule has 0 saturated carbocycles. The molecule has 0 aliphatic carbocycles. The fraction of sp³-hybridized carbons (Fsp3) is 0.625. The van der Waals surface area contributed by atoms with Crippen LogP contribution in [0.2, 0.25) is 0 Å². The van der Waals surface area contributed by atoms with Gasteiger partial charge in [0.15, 0.2) is 0 Å². The van der Waals surface area contributed by atoms with Gasteiger partial charge in [-0.2, -0.15) is 0 Å². The standard InChI is InChI=1S/C8H15O7P/c1-7(2)8(10)15-16(11,12)14-6-5-13-4-3-9/h9H,1,3-6H2,2H3,(H,11,12). The van der Waals surface area contributed by atoms with Gasteiger partial charge in [-0.1, -0.05) is 6.58 Å². The molecular formula is C8H15O7P. The average Bonchev–Trinajstić information content (AvgIpc) is 2.16. The van der Waals surface area contributed by atoms with Crippen LogP contribution in [-0.2, 0) is 23.1 Å². The van der Waals surface area contributed by atoms with Gasteiger partial charge in [-0.3, -0.25) is 9.42 Å². The highest BCUT2D eigenvalue weighted by Gasteiger charge is 2.26. The van der Waals surface area contributed by atoms with Gasteiger partial charge in [0.05, 0.1) is 26.4 Å². The summed E-state index contributed by atoms with van der Waals surface area (Å²) in [6.45, 7) is 4.32. The van der Waals surface area contributed by atoms with E-state index < -0.39 is 13.8 Å². The van der Waals surface area contributed by atoms with E-state index in [4.69, 9.17) is 14.7 Å². The van der Waals surface area contributed by atoms with Crippen LogP contribution in [0.25, 0.3) is 0 Å². The van der Waals surface area contributed by atoms with Crippen molar-refractivity contribution in [2.24, 2.45) is 0 Å². The first-order valence-electron chi connectivity index (χ1n) is 4.44. The minimum Gasteiger partial charge on any atom is -0.394 e. The number of aliphatic hydroxyl groups excluding tert-OH is 1. The van der Waals surface area contributed by atoms with Crippen LogP contribution in [0.3, 0.4) is 0 Å². The molecule has 0 amide bonds. The third kappa shape index (κ3) is 7.56. The molecule has 0 bridgehead atoms. The van der Waals surface area contributed by atoms with Crippen molar-refractivity contribution < 1.29 is 33.1 Å². The van der Waals surface area contributed by atoms with E-state index in [1.165, 1.54) is 6.92 Å². The molecule has 7 nitrogen and oxygen atoms in total. The fourth-order valence-electron chi connectivity index (χ4n) is 0.587. The Balaban J connectivity index is 3.83. The highest BCUT2D eigenvalue weighted by atomic mass is 31.2. The van der Waals surface area contributed by atoms with E-state index in [1.54, 1.807) is 0 Å². The Labute approximate surface area is 93.2 Å². The zero-order chi connectivity index (χ0) is 12.6. The summed E-state index contributed by atoms with van der Waals surface area (Å²) in [6.07, 6.45) is 0. The van der Waals surface area contributed by atoms with Crippen molar-refractivity contribution >= 4 is 13.8 Å². The summed E-state index contributed by atoms with van der Waals surface area (Å²) < 4.78 is 24.4. The van der Waals surface area contributed by atoms with Crippen LogP contribution < -0.4 is 0 Å². The Morgan fingerprint density at radius 2 is 2.00 bits per heavy atom. The van der Waals surface area contributed by atoms with E-state index in [0.717, 1.165) is 0 Å². The van der Waals surface area contributed by atoms with Gasteiger partial charge in [0, 0.05) is 5.57 Å². The molecule has 0 fully saturated rings. The number of phosphoric acid groups is 1. The number of hydrogen-bond acceptors (Lipinski definition) is 6. The van der Waals surface area contributed by atoms with E-state index in [9.17, 15) is 9.36 Å². The number of aliphatic hydroxyl groups is 1. The van der Waals surface area contributed by atoms with Gasteiger partial charge in [0.25, 0.3) is 0 Å². The minimum absolute atomic E-state index is 0.00518. The lowest BCUT2D eigenvalue weighted by atomic mass is 10.4. The molecule has 0 aromatic carbocycles. The van der Waals surface area contributed by atoms with Crippen molar-refractivity contribution in [3.05, 3.63) is 12.2 Å². The Kier molecular flexibility index (Phi) is 7.20. The molecule has 2 N–H and O–H groups in total. The maximum absolute atomic E-state index is 11.1.